The smallest absolute Gasteiger partial charge is 0.287 e. The molecule has 0 saturated carbocycles. The molecule has 0 bridgehead atoms. The van der Waals surface area contributed by atoms with Crippen LogP contribution in [-0.4, -0.2) is 27.2 Å². The summed E-state index contributed by atoms with van der Waals surface area (Å²) in [6, 6.07) is 10.1. The lowest BCUT2D eigenvalue weighted by Crippen LogP contribution is -2.37. The Labute approximate surface area is 159 Å². The molecule has 1 amide bonds. The molecule has 0 saturated heterocycles. The number of fused-ring (bicyclic) bond motifs is 1. The summed E-state index contributed by atoms with van der Waals surface area (Å²) in [7, 11) is 0. The summed E-state index contributed by atoms with van der Waals surface area (Å²) in [5.41, 5.74) is -0.727. The number of carbonyl (C=O) groups is 1. The summed E-state index contributed by atoms with van der Waals surface area (Å²) in [5, 5.41) is 20.4. The average Bonchev–Trinajstić information content (AvgIpc) is 2.81. The molecule has 138 valence electrons. The highest BCUT2D eigenvalue weighted by Gasteiger charge is 2.25. The Hall–Kier alpha value is -3.12. The number of hydrogen-bond donors (Lipinski definition) is 0. The highest BCUT2D eigenvalue weighted by Crippen LogP contribution is 2.37. The topological polar surface area (TPSA) is 109 Å². The number of nitrogens with zero attached hydrogens (tertiary/aromatic N) is 4. The van der Waals surface area contributed by atoms with Crippen LogP contribution in [0.25, 0.3) is 0 Å². The van der Waals surface area contributed by atoms with Crippen molar-refractivity contribution in [3.8, 4) is 6.07 Å². The van der Waals surface area contributed by atoms with Crippen molar-refractivity contribution < 1.29 is 9.72 Å². The third-order valence-electron chi connectivity index (χ3n) is 4.25. The first-order valence-electron chi connectivity index (χ1n) is 8.25. The largest absolute Gasteiger partial charge is 0.310 e. The molecule has 0 unspecified atom stereocenters. The highest BCUT2D eigenvalue weighted by molar-refractivity contribution is 8.00. The third kappa shape index (κ3) is 3.85. The van der Waals surface area contributed by atoms with E-state index in [4.69, 9.17) is 5.26 Å². The van der Waals surface area contributed by atoms with Crippen molar-refractivity contribution in [2.45, 2.75) is 30.0 Å². The van der Waals surface area contributed by atoms with Crippen LogP contribution in [0.15, 0.2) is 46.2 Å². The molecule has 0 fully saturated rings. The summed E-state index contributed by atoms with van der Waals surface area (Å²) >= 11 is 1.68. The second-order valence-electron chi connectivity index (χ2n) is 6.14. The Balaban J connectivity index is 1.97. The maximum atomic E-state index is 12.9. The molecule has 0 radical (unpaired) electrons. The van der Waals surface area contributed by atoms with E-state index < -0.39 is 16.2 Å². The lowest BCUT2D eigenvalue weighted by Gasteiger charge is -2.23. The standard InChI is InChI=1S/C18H16N4O4S/c1-12-6-7-21(15-4-2-3-5-16(15)27-12)17(23)11-20-10-14(22(25)26)8-13(9-19)18(20)24/h2-5,8,10,12H,6-7,11H2,1H3/t12-/m1/s1. The normalized spacial score (nSPS) is 16.1. The minimum atomic E-state index is -0.720. The van der Waals surface area contributed by atoms with Crippen molar-refractivity contribution in [1.82, 2.24) is 4.57 Å². The van der Waals surface area contributed by atoms with Crippen molar-refractivity contribution >= 4 is 29.0 Å². The lowest BCUT2D eigenvalue weighted by molar-refractivity contribution is -0.385. The van der Waals surface area contributed by atoms with Crippen LogP contribution in [0.1, 0.15) is 18.9 Å². The number of anilines is 1. The van der Waals surface area contributed by atoms with Gasteiger partial charge in [-0.1, -0.05) is 19.1 Å². The molecule has 2 aromatic rings. The SMILES string of the molecule is C[C@@H]1CCN(C(=O)Cn2cc([N+](=O)[O-])cc(C#N)c2=O)c2ccccc2S1. The number of thioether (sulfide) groups is 1. The molecule has 1 aromatic carbocycles. The van der Waals surface area contributed by atoms with Crippen LogP contribution >= 0.6 is 11.8 Å². The maximum Gasteiger partial charge on any atom is 0.287 e. The number of para-hydroxylation sites is 1. The van der Waals surface area contributed by atoms with Gasteiger partial charge in [-0.3, -0.25) is 24.3 Å². The van der Waals surface area contributed by atoms with Gasteiger partial charge in [0.1, 0.15) is 18.2 Å². The first-order chi connectivity index (χ1) is 12.9. The average molecular weight is 384 g/mol. The lowest BCUT2D eigenvalue weighted by atomic mass is 10.2. The van der Waals surface area contributed by atoms with Gasteiger partial charge in [-0.2, -0.15) is 5.26 Å². The molecular weight excluding hydrogens is 368 g/mol. The molecule has 0 N–H and O–H groups in total. The van der Waals surface area contributed by atoms with Crippen molar-refractivity contribution in [2.24, 2.45) is 0 Å². The van der Waals surface area contributed by atoms with E-state index in [0.717, 1.165) is 33.8 Å². The Morgan fingerprint density at radius 2 is 2.19 bits per heavy atom. The zero-order valence-electron chi connectivity index (χ0n) is 14.5. The number of nitriles is 1. The Kier molecular flexibility index (Phi) is 5.28. The van der Waals surface area contributed by atoms with E-state index >= 15 is 0 Å². The molecule has 0 aliphatic carbocycles. The number of aromatic nitrogens is 1. The van der Waals surface area contributed by atoms with Gasteiger partial charge in [0, 0.05) is 22.8 Å². The first-order valence-corrected chi connectivity index (χ1v) is 9.13. The van der Waals surface area contributed by atoms with Crippen molar-refractivity contribution in [3.63, 3.8) is 0 Å². The van der Waals surface area contributed by atoms with Crippen LogP contribution in [0.2, 0.25) is 0 Å². The van der Waals surface area contributed by atoms with Gasteiger partial charge in [-0.05, 0) is 18.6 Å². The second kappa shape index (κ2) is 7.63. The van der Waals surface area contributed by atoms with E-state index in [1.54, 1.807) is 22.7 Å². The van der Waals surface area contributed by atoms with E-state index in [0.29, 0.717) is 11.8 Å². The monoisotopic (exact) mass is 384 g/mol. The van der Waals surface area contributed by atoms with E-state index in [2.05, 4.69) is 6.92 Å². The van der Waals surface area contributed by atoms with Gasteiger partial charge in [0.25, 0.3) is 11.2 Å². The molecule has 2 heterocycles. The zero-order chi connectivity index (χ0) is 19.6. The molecule has 9 heteroatoms. The Bertz CT molecular complexity index is 1010. The van der Waals surface area contributed by atoms with Crippen LogP contribution in [0, 0.1) is 21.4 Å². The number of amides is 1. The van der Waals surface area contributed by atoms with Gasteiger partial charge in [0.2, 0.25) is 5.91 Å². The van der Waals surface area contributed by atoms with Crippen LogP contribution in [0.5, 0.6) is 0 Å². The fourth-order valence-electron chi connectivity index (χ4n) is 2.89. The maximum absolute atomic E-state index is 12.9. The van der Waals surface area contributed by atoms with E-state index in [1.165, 1.54) is 0 Å². The minimum absolute atomic E-state index is 0.328. The number of rotatable bonds is 3. The molecule has 27 heavy (non-hydrogen) atoms. The van der Waals surface area contributed by atoms with E-state index in [-0.39, 0.29) is 18.0 Å². The van der Waals surface area contributed by atoms with Crippen LogP contribution in [0.3, 0.4) is 0 Å². The quantitative estimate of drug-likeness (QED) is 0.594. The Morgan fingerprint density at radius 3 is 2.89 bits per heavy atom. The van der Waals surface area contributed by atoms with Crippen molar-refractivity contribution in [3.05, 3.63) is 62.6 Å². The first kappa shape index (κ1) is 18.7. The van der Waals surface area contributed by atoms with Gasteiger partial charge in [0.15, 0.2) is 0 Å². The molecule has 1 aliphatic rings. The summed E-state index contributed by atoms with van der Waals surface area (Å²) in [6.07, 6.45) is 1.78. The second-order valence-corrected chi connectivity index (χ2v) is 7.62. The fourth-order valence-corrected chi connectivity index (χ4v) is 4.01. The van der Waals surface area contributed by atoms with Crippen molar-refractivity contribution in [1.29, 1.82) is 5.26 Å². The summed E-state index contributed by atoms with van der Waals surface area (Å²) in [4.78, 5) is 38.2. The molecule has 1 aliphatic heterocycles. The number of hydrogen-bond acceptors (Lipinski definition) is 6. The van der Waals surface area contributed by atoms with Crippen LogP contribution in [-0.2, 0) is 11.3 Å². The predicted octanol–water partition coefficient (Wildman–Crippen LogP) is 2.55. The molecule has 1 aromatic heterocycles. The summed E-state index contributed by atoms with van der Waals surface area (Å²) < 4.78 is 0.934. The summed E-state index contributed by atoms with van der Waals surface area (Å²) in [5.74, 6) is -0.358. The van der Waals surface area contributed by atoms with Gasteiger partial charge in [-0.25, -0.2) is 0 Å². The predicted molar refractivity (Wildman–Crippen MR) is 101 cm³/mol. The van der Waals surface area contributed by atoms with Gasteiger partial charge < -0.3 is 4.90 Å². The molecule has 3 rings (SSSR count). The van der Waals surface area contributed by atoms with E-state index in [1.807, 2.05) is 24.3 Å². The highest BCUT2D eigenvalue weighted by atomic mass is 32.2. The van der Waals surface area contributed by atoms with Gasteiger partial charge in [0.05, 0.1) is 16.8 Å². The fraction of sp³-hybridized carbons (Fsp3) is 0.278. The van der Waals surface area contributed by atoms with Crippen LogP contribution < -0.4 is 10.5 Å². The van der Waals surface area contributed by atoms with Gasteiger partial charge >= 0.3 is 0 Å². The van der Waals surface area contributed by atoms with Crippen LogP contribution in [0.4, 0.5) is 11.4 Å². The zero-order valence-corrected chi connectivity index (χ0v) is 15.3. The van der Waals surface area contributed by atoms with E-state index in [9.17, 15) is 19.7 Å². The number of benzene rings is 1. The van der Waals surface area contributed by atoms with Crippen molar-refractivity contribution in [2.75, 3.05) is 11.4 Å². The number of carbonyl (C=O) groups excluding carboxylic acids is 1. The third-order valence-corrected chi connectivity index (χ3v) is 5.49. The number of nitro groups is 1. The molecule has 1 atom stereocenters. The number of pyridine rings is 1. The summed E-state index contributed by atoms with van der Waals surface area (Å²) in [6.45, 7) is 2.20. The van der Waals surface area contributed by atoms with Gasteiger partial charge in [-0.15, -0.1) is 11.8 Å². The Morgan fingerprint density at radius 1 is 1.44 bits per heavy atom. The minimum Gasteiger partial charge on any atom is -0.310 e. The molecule has 0 spiro atoms. The molecular formula is C18H16N4O4S. The molecule has 8 nitrogen and oxygen atoms in total.